The molecule has 0 unspecified atom stereocenters. The van der Waals surface area contributed by atoms with Gasteiger partial charge in [0, 0.05) is 18.1 Å². The molecular formula is C27H44F6O6. The number of carbonyl (C=O) groups is 3. The number of carbonyl (C=O) groups excluding carboxylic acids is 3. The SMILES string of the molecule is C=C(C)C(=O)OC(C(F)(F)F)C(F)(F)F.C=C(C)C(=O)OCCCCCCCCCCCC.CCOC(C)=O. The number of hydrogen-bond donors (Lipinski definition) is 0. The first-order valence-electron chi connectivity index (χ1n) is 12.9. The van der Waals surface area contributed by atoms with E-state index in [4.69, 9.17) is 4.74 Å². The molecule has 0 aromatic heterocycles. The third kappa shape index (κ3) is 28.3. The van der Waals surface area contributed by atoms with E-state index in [9.17, 15) is 40.7 Å². The lowest BCUT2D eigenvalue weighted by atomic mass is 10.1. The molecule has 0 N–H and O–H groups in total. The Morgan fingerprint density at radius 1 is 0.641 bits per heavy atom. The van der Waals surface area contributed by atoms with Gasteiger partial charge in [-0.2, -0.15) is 26.3 Å². The van der Waals surface area contributed by atoms with Gasteiger partial charge in [0.25, 0.3) is 6.10 Å². The Morgan fingerprint density at radius 2 is 1.03 bits per heavy atom. The van der Waals surface area contributed by atoms with Gasteiger partial charge in [-0.15, -0.1) is 0 Å². The molecule has 0 rings (SSSR count). The predicted octanol–water partition coefficient (Wildman–Crippen LogP) is 8.19. The van der Waals surface area contributed by atoms with E-state index >= 15 is 0 Å². The number of esters is 3. The normalized spacial score (nSPS) is 10.9. The van der Waals surface area contributed by atoms with E-state index in [-0.39, 0.29) is 11.9 Å². The van der Waals surface area contributed by atoms with E-state index in [1.54, 1.807) is 13.8 Å². The van der Waals surface area contributed by atoms with Crippen LogP contribution in [-0.4, -0.2) is 49.6 Å². The van der Waals surface area contributed by atoms with Crippen molar-refractivity contribution in [3.8, 4) is 0 Å². The van der Waals surface area contributed by atoms with Gasteiger partial charge in [-0.25, -0.2) is 9.59 Å². The standard InChI is InChI=1S/C16H30O2.C7H6F6O2.C4H8O2/c1-4-5-6-7-8-9-10-11-12-13-14-18-16(17)15(2)3;1-3(2)4(14)15-5(6(8,9)10)7(11,12)13;1-3-6-4(2)5/h2,4-14H2,1,3H3;5H,1H2,2H3;3H2,1-2H3. The van der Waals surface area contributed by atoms with Gasteiger partial charge in [0.05, 0.1) is 13.2 Å². The second-order valence-electron chi connectivity index (χ2n) is 8.67. The van der Waals surface area contributed by atoms with Gasteiger partial charge in [-0.3, -0.25) is 4.79 Å². The molecule has 0 saturated heterocycles. The fourth-order valence-electron chi connectivity index (χ4n) is 2.61. The lowest BCUT2D eigenvalue weighted by Crippen LogP contribution is -2.45. The smallest absolute Gasteiger partial charge is 0.434 e. The summed E-state index contributed by atoms with van der Waals surface area (Å²) < 4.78 is 83.6. The monoisotopic (exact) mass is 578 g/mol. The molecule has 0 aliphatic rings. The maximum Gasteiger partial charge on any atom is 0.434 e. The molecule has 0 saturated carbocycles. The third-order valence-electron chi connectivity index (χ3n) is 4.60. The molecule has 0 atom stereocenters. The van der Waals surface area contributed by atoms with Crippen LogP contribution in [0.25, 0.3) is 0 Å². The van der Waals surface area contributed by atoms with Crippen LogP contribution >= 0.6 is 0 Å². The highest BCUT2D eigenvalue weighted by atomic mass is 19.4. The van der Waals surface area contributed by atoms with Gasteiger partial charge >= 0.3 is 30.3 Å². The zero-order chi connectivity index (χ0) is 31.1. The van der Waals surface area contributed by atoms with E-state index in [0.717, 1.165) is 13.3 Å². The highest BCUT2D eigenvalue weighted by molar-refractivity contribution is 5.87. The van der Waals surface area contributed by atoms with Crippen molar-refractivity contribution >= 4 is 17.9 Å². The molecule has 0 aliphatic heterocycles. The first kappa shape index (κ1) is 41.0. The van der Waals surface area contributed by atoms with Crippen molar-refractivity contribution in [2.45, 2.75) is 117 Å². The summed E-state index contributed by atoms with van der Waals surface area (Å²) in [6.45, 7) is 15.5. The number of halogens is 6. The van der Waals surface area contributed by atoms with Crippen molar-refractivity contribution in [1.82, 2.24) is 0 Å². The minimum atomic E-state index is -5.69. The lowest BCUT2D eigenvalue weighted by molar-refractivity contribution is -0.312. The molecule has 6 nitrogen and oxygen atoms in total. The van der Waals surface area contributed by atoms with Crippen LogP contribution in [0.3, 0.4) is 0 Å². The number of ether oxygens (including phenoxy) is 3. The Kier molecular flexibility index (Phi) is 24.5. The molecule has 0 fully saturated rings. The minimum absolute atomic E-state index is 0.211. The van der Waals surface area contributed by atoms with Crippen LogP contribution in [0.5, 0.6) is 0 Å². The van der Waals surface area contributed by atoms with Crippen molar-refractivity contribution in [1.29, 1.82) is 0 Å². The molecule has 0 bridgehead atoms. The summed E-state index contributed by atoms with van der Waals surface area (Å²) in [6.07, 6.45) is -2.54. The minimum Gasteiger partial charge on any atom is -0.466 e. The lowest BCUT2D eigenvalue weighted by Gasteiger charge is -2.22. The molecule has 0 spiro atoms. The first-order valence-corrected chi connectivity index (χ1v) is 12.9. The predicted molar refractivity (Wildman–Crippen MR) is 137 cm³/mol. The number of unbranched alkanes of at least 4 members (excludes halogenated alkanes) is 9. The molecule has 230 valence electrons. The van der Waals surface area contributed by atoms with Crippen LogP contribution in [0.2, 0.25) is 0 Å². The maximum atomic E-state index is 11.8. The van der Waals surface area contributed by atoms with Crippen LogP contribution in [0, 0.1) is 0 Å². The Hall–Kier alpha value is -2.53. The van der Waals surface area contributed by atoms with Crippen molar-refractivity contribution in [3.05, 3.63) is 24.3 Å². The molecule has 12 heteroatoms. The summed E-state index contributed by atoms with van der Waals surface area (Å²) in [5, 5.41) is 0. The zero-order valence-corrected chi connectivity index (χ0v) is 23.7. The maximum absolute atomic E-state index is 11.8. The van der Waals surface area contributed by atoms with Gasteiger partial charge < -0.3 is 14.2 Å². The summed E-state index contributed by atoms with van der Waals surface area (Å²) in [5.74, 6) is -2.21. The molecule has 0 heterocycles. The highest BCUT2D eigenvalue weighted by Crippen LogP contribution is 2.36. The van der Waals surface area contributed by atoms with Crippen molar-refractivity contribution in [2.75, 3.05) is 13.2 Å². The van der Waals surface area contributed by atoms with Crippen molar-refractivity contribution < 1.29 is 54.9 Å². The van der Waals surface area contributed by atoms with E-state index in [0.29, 0.717) is 18.8 Å². The summed E-state index contributed by atoms with van der Waals surface area (Å²) in [5.41, 5.74) is -0.0596. The molecule has 0 aromatic carbocycles. The molecular weight excluding hydrogens is 534 g/mol. The van der Waals surface area contributed by atoms with Gasteiger partial charge in [0.1, 0.15) is 0 Å². The largest absolute Gasteiger partial charge is 0.466 e. The molecule has 0 aliphatic carbocycles. The first-order chi connectivity index (χ1) is 17.9. The Labute approximate surface area is 228 Å². The van der Waals surface area contributed by atoms with Crippen LogP contribution in [0.1, 0.15) is 98.8 Å². The van der Waals surface area contributed by atoms with Crippen LogP contribution in [0.4, 0.5) is 26.3 Å². The van der Waals surface area contributed by atoms with E-state index in [1.165, 1.54) is 64.7 Å². The van der Waals surface area contributed by atoms with E-state index < -0.39 is 30.0 Å². The molecule has 0 aromatic rings. The third-order valence-corrected chi connectivity index (χ3v) is 4.60. The quantitative estimate of drug-likeness (QED) is 0.0641. The van der Waals surface area contributed by atoms with Gasteiger partial charge in [0.15, 0.2) is 0 Å². The topological polar surface area (TPSA) is 78.9 Å². The van der Waals surface area contributed by atoms with Crippen molar-refractivity contribution in [2.24, 2.45) is 0 Å². The Morgan fingerprint density at radius 3 is 1.31 bits per heavy atom. The number of alkyl halides is 6. The van der Waals surface area contributed by atoms with E-state index in [2.05, 4.69) is 29.6 Å². The summed E-state index contributed by atoms with van der Waals surface area (Å²) >= 11 is 0. The van der Waals surface area contributed by atoms with Crippen LogP contribution in [-0.2, 0) is 28.6 Å². The number of hydrogen-bond acceptors (Lipinski definition) is 6. The Bertz CT molecular complexity index is 703. The molecule has 0 amide bonds. The molecule has 0 radical (unpaired) electrons. The van der Waals surface area contributed by atoms with Crippen LogP contribution in [0.15, 0.2) is 24.3 Å². The van der Waals surface area contributed by atoms with Gasteiger partial charge in [-0.05, 0) is 27.2 Å². The highest BCUT2D eigenvalue weighted by Gasteiger charge is 2.59. The molecule has 39 heavy (non-hydrogen) atoms. The van der Waals surface area contributed by atoms with Gasteiger partial charge in [-0.1, -0.05) is 77.9 Å². The number of rotatable bonds is 15. The van der Waals surface area contributed by atoms with Crippen molar-refractivity contribution in [3.63, 3.8) is 0 Å². The van der Waals surface area contributed by atoms with Crippen LogP contribution < -0.4 is 0 Å². The second-order valence-corrected chi connectivity index (χ2v) is 8.67. The average Bonchev–Trinajstić information content (AvgIpc) is 2.79. The van der Waals surface area contributed by atoms with E-state index in [1.807, 2.05) is 0 Å². The summed E-state index contributed by atoms with van der Waals surface area (Å²) in [6, 6.07) is 0. The fourth-order valence-corrected chi connectivity index (χ4v) is 2.61. The fraction of sp³-hybridized carbons (Fsp3) is 0.741. The van der Waals surface area contributed by atoms with Gasteiger partial charge in [0.2, 0.25) is 0 Å². The second kappa shape index (κ2) is 23.4. The Balaban J connectivity index is -0.000000556. The summed E-state index contributed by atoms with van der Waals surface area (Å²) in [4.78, 5) is 31.4. The zero-order valence-electron chi connectivity index (χ0n) is 23.7. The average molecular weight is 579 g/mol. The summed E-state index contributed by atoms with van der Waals surface area (Å²) in [7, 11) is 0.